The second-order valence-corrected chi connectivity index (χ2v) is 3.90. The van der Waals surface area contributed by atoms with Crippen molar-refractivity contribution in [2.75, 3.05) is 7.11 Å². The van der Waals surface area contributed by atoms with Crippen LogP contribution in [0, 0.1) is 12.7 Å². The van der Waals surface area contributed by atoms with Crippen molar-refractivity contribution in [2.45, 2.75) is 6.92 Å². The largest absolute Gasteiger partial charge is 0.494 e. The number of carbonyl (C=O) groups excluding carboxylic acids is 1. The zero-order chi connectivity index (χ0) is 13.1. The number of ketones is 1. The van der Waals surface area contributed by atoms with E-state index in [0.717, 1.165) is 11.6 Å². The van der Waals surface area contributed by atoms with Gasteiger partial charge in [0.15, 0.2) is 11.6 Å². The van der Waals surface area contributed by atoms with Gasteiger partial charge in [-0.05, 0) is 42.8 Å². The zero-order valence-corrected chi connectivity index (χ0v) is 10.1. The van der Waals surface area contributed by atoms with Crippen molar-refractivity contribution < 1.29 is 13.9 Å². The van der Waals surface area contributed by atoms with Gasteiger partial charge in [-0.15, -0.1) is 0 Å². The number of carbonyl (C=O) groups is 1. The highest BCUT2D eigenvalue weighted by Crippen LogP contribution is 2.19. The summed E-state index contributed by atoms with van der Waals surface area (Å²) in [5.41, 5.74) is 1.49. The lowest BCUT2D eigenvalue weighted by molar-refractivity contribution is 0.103. The van der Waals surface area contributed by atoms with Gasteiger partial charge in [0.1, 0.15) is 5.69 Å². The number of nitrogens with zero attached hydrogens (tertiary/aromatic N) is 1. The van der Waals surface area contributed by atoms with Crippen LogP contribution in [0.5, 0.6) is 5.75 Å². The third kappa shape index (κ3) is 2.37. The topological polar surface area (TPSA) is 39.2 Å². The van der Waals surface area contributed by atoms with Gasteiger partial charge in [0, 0.05) is 11.8 Å². The number of aromatic nitrogens is 1. The standard InChI is InChI=1S/C14H12FNO2/c1-9-5-6-16-12(7-9)14(17)10-3-4-13(18-2)11(15)8-10/h3-8H,1-2H3. The summed E-state index contributed by atoms with van der Waals surface area (Å²) in [6.07, 6.45) is 1.56. The highest BCUT2D eigenvalue weighted by atomic mass is 19.1. The highest BCUT2D eigenvalue weighted by molar-refractivity contribution is 6.07. The predicted octanol–water partition coefficient (Wildman–Crippen LogP) is 2.77. The summed E-state index contributed by atoms with van der Waals surface area (Å²) >= 11 is 0. The Kier molecular flexibility index (Phi) is 3.37. The molecular weight excluding hydrogens is 233 g/mol. The van der Waals surface area contributed by atoms with Gasteiger partial charge in [-0.2, -0.15) is 0 Å². The average Bonchev–Trinajstić information content (AvgIpc) is 2.37. The second kappa shape index (κ2) is 4.96. The Hall–Kier alpha value is -2.23. The second-order valence-electron chi connectivity index (χ2n) is 3.90. The molecule has 92 valence electrons. The maximum absolute atomic E-state index is 13.5. The summed E-state index contributed by atoms with van der Waals surface area (Å²) in [5.74, 6) is -0.750. The average molecular weight is 245 g/mol. The van der Waals surface area contributed by atoms with E-state index in [2.05, 4.69) is 4.98 Å². The first-order valence-electron chi connectivity index (χ1n) is 5.42. The van der Waals surface area contributed by atoms with Crippen molar-refractivity contribution in [1.82, 2.24) is 4.98 Å². The third-order valence-electron chi connectivity index (χ3n) is 2.56. The quantitative estimate of drug-likeness (QED) is 0.780. The van der Waals surface area contributed by atoms with Gasteiger partial charge in [-0.3, -0.25) is 9.78 Å². The fourth-order valence-electron chi connectivity index (χ4n) is 1.62. The molecule has 2 rings (SSSR count). The fourth-order valence-corrected chi connectivity index (χ4v) is 1.62. The van der Waals surface area contributed by atoms with Gasteiger partial charge in [0.25, 0.3) is 0 Å². The number of halogens is 1. The van der Waals surface area contributed by atoms with Crippen molar-refractivity contribution in [2.24, 2.45) is 0 Å². The Labute approximate surface area is 104 Å². The number of ether oxygens (including phenoxy) is 1. The Balaban J connectivity index is 2.37. The van der Waals surface area contributed by atoms with E-state index in [0.29, 0.717) is 5.69 Å². The molecule has 3 nitrogen and oxygen atoms in total. The number of benzene rings is 1. The molecule has 0 bridgehead atoms. The van der Waals surface area contributed by atoms with E-state index in [9.17, 15) is 9.18 Å². The Morgan fingerprint density at radius 2 is 2.06 bits per heavy atom. The molecule has 0 N–H and O–H groups in total. The Bertz CT molecular complexity index is 596. The van der Waals surface area contributed by atoms with Crippen LogP contribution in [0.15, 0.2) is 36.5 Å². The first-order chi connectivity index (χ1) is 8.61. The molecule has 0 atom stereocenters. The Morgan fingerprint density at radius 3 is 2.67 bits per heavy atom. The molecule has 0 fully saturated rings. The molecule has 0 saturated carbocycles. The lowest BCUT2D eigenvalue weighted by Gasteiger charge is -2.04. The van der Waals surface area contributed by atoms with E-state index in [1.54, 1.807) is 18.3 Å². The normalized spacial score (nSPS) is 10.2. The van der Waals surface area contributed by atoms with Crippen LogP contribution in [0.2, 0.25) is 0 Å². The summed E-state index contributed by atoms with van der Waals surface area (Å²) < 4.78 is 18.3. The predicted molar refractivity (Wildman–Crippen MR) is 65.4 cm³/mol. The van der Waals surface area contributed by atoms with Crippen molar-refractivity contribution in [3.8, 4) is 5.75 Å². The molecule has 0 saturated heterocycles. The smallest absolute Gasteiger partial charge is 0.211 e. The molecule has 0 spiro atoms. The minimum absolute atomic E-state index is 0.115. The van der Waals surface area contributed by atoms with Crippen LogP contribution in [-0.2, 0) is 0 Å². The van der Waals surface area contributed by atoms with Gasteiger partial charge >= 0.3 is 0 Å². The van der Waals surface area contributed by atoms with Crippen LogP contribution in [0.25, 0.3) is 0 Å². The van der Waals surface area contributed by atoms with E-state index in [4.69, 9.17) is 4.74 Å². The molecule has 0 amide bonds. The monoisotopic (exact) mass is 245 g/mol. The molecule has 18 heavy (non-hydrogen) atoms. The lowest BCUT2D eigenvalue weighted by atomic mass is 10.1. The van der Waals surface area contributed by atoms with Gasteiger partial charge in [0.2, 0.25) is 5.78 Å². The van der Waals surface area contributed by atoms with E-state index in [1.165, 1.54) is 19.2 Å². The minimum atomic E-state index is -0.559. The van der Waals surface area contributed by atoms with Crippen LogP contribution in [0.1, 0.15) is 21.6 Å². The van der Waals surface area contributed by atoms with Crippen molar-refractivity contribution in [1.29, 1.82) is 0 Å². The maximum atomic E-state index is 13.5. The molecular formula is C14H12FNO2. The molecule has 1 heterocycles. The van der Waals surface area contributed by atoms with Gasteiger partial charge in [-0.1, -0.05) is 0 Å². The lowest BCUT2D eigenvalue weighted by Crippen LogP contribution is -2.05. The summed E-state index contributed by atoms with van der Waals surface area (Å²) in [6, 6.07) is 7.58. The first-order valence-corrected chi connectivity index (χ1v) is 5.42. The number of rotatable bonds is 3. The molecule has 0 radical (unpaired) electrons. The number of methoxy groups -OCH3 is 1. The molecule has 0 unspecified atom stereocenters. The van der Waals surface area contributed by atoms with Crippen molar-refractivity contribution >= 4 is 5.78 Å². The van der Waals surface area contributed by atoms with Gasteiger partial charge < -0.3 is 4.74 Å². The van der Waals surface area contributed by atoms with E-state index >= 15 is 0 Å². The van der Waals surface area contributed by atoms with E-state index in [1.807, 2.05) is 6.92 Å². The first kappa shape index (κ1) is 12.2. The van der Waals surface area contributed by atoms with Crippen molar-refractivity contribution in [3.05, 3.63) is 59.2 Å². The maximum Gasteiger partial charge on any atom is 0.211 e. The fraction of sp³-hybridized carbons (Fsp3) is 0.143. The van der Waals surface area contributed by atoms with Gasteiger partial charge in [-0.25, -0.2) is 4.39 Å². The number of aryl methyl sites for hydroxylation is 1. The Morgan fingerprint density at radius 1 is 1.28 bits per heavy atom. The zero-order valence-electron chi connectivity index (χ0n) is 10.1. The van der Waals surface area contributed by atoms with Crippen LogP contribution in [0.3, 0.4) is 0 Å². The van der Waals surface area contributed by atoms with Crippen LogP contribution >= 0.6 is 0 Å². The van der Waals surface area contributed by atoms with Crippen molar-refractivity contribution in [3.63, 3.8) is 0 Å². The molecule has 0 aliphatic carbocycles. The van der Waals surface area contributed by atoms with Crippen LogP contribution < -0.4 is 4.74 Å². The van der Waals surface area contributed by atoms with Crippen LogP contribution in [0.4, 0.5) is 4.39 Å². The van der Waals surface area contributed by atoms with Crippen LogP contribution in [-0.4, -0.2) is 17.9 Å². The minimum Gasteiger partial charge on any atom is -0.494 e. The molecule has 4 heteroatoms. The summed E-state index contributed by atoms with van der Waals surface area (Å²) in [6.45, 7) is 1.87. The van der Waals surface area contributed by atoms with E-state index < -0.39 is 5.82 Å². The summed E-state index contributed by atoms with van der Waals surface area (Å²) in [7, 11) is 1.38. The summed E-state index contributed by atoms with van der Waals surface area (Å²) in [5, 5.41) is 0. The highest BCUT2D eigenvalue weighted by Gasteiger charge is 2.13. The number of pyridine rings is 1. The molecule has 1 aromatic carbocycles. The molecule has 0 aliphatic heterocycles. The molecule has 2 aromatic rings. The molecule has 0 aliphatic rings. The number of hydrogen-bond acceptors (Lipinski definition) is 3. The number of hydrogen-bond donors (Lipinski definition) is 0. The third-order valence-corrected chi connectivity index (χ3v) is 2.56. The summed E-state index contributed by atoms with van der Waals surface area (Å²) in [4.78, 5) is 16.1. The molecule has 1 aromatic heterocycles. The SMILES string of the molecule is COc1ccc(C(=O)c2cc(C)ccn2)cc1F. The van der Waals surface area contributed by atoms with Gasteiger partial charge in [0.05, 0.1) is 7.11 Å². The van der Waals surface area contributed by atoms with E-state index in [-0.39, 0.29) is 17.1 Å².